The van der Waals surface area contributed by atoms with Gasteiger partial charge in [0.25, 0.3) is 0 Å². The molecule has 0 fully saturated rings. The van der Waals surface area contributed by atoms with Crippen molar-refractivity contribution >= 4 is 124 Å². The lowest BCUT2D eigenvalue weighted by atomic mass is 9.98. The van der Waals surface area contributed by atoms with E-state index in [1.807, 2.05) is 22.7 Å². The minimum Gasteiger partial charge on any atom is -0.455 e. The van der Waals surface area contributed by atoms with E-state index in [0.29, 0.717) is 0 Å². The maximum atomic E-state index is 6.60. The van der Waals surface area contributed by atoms with Gasteiger partial charge in [-0.3, -0.25) is 0 Å². The Kier molecular flexibility index (Phi) is 6.41. The van der Waals surface area contributed by atoms with Crippen molar-refractivity contribution in [2.45, 2.75) is 0 Å². The fourth-order valence-corrected chi connectivity index (χ4v) is 10.9. The van der Waals surface area contributed by atoms with Gasteiger partial charge in [0.15, 0.2) is 0 Å². The second-order valence-corrected chi connectivity index (χ2v) is 16.2. The third-order valence-corrected chi connectivity index (χ3v) is 13.4. The third kappa shape index (κ3) is 4.38. The monoisotopic (exact) mass is 723 g/mol. The van der Waals surface area contributed by atoms with E-state index in [9.17, 15) is 0 Å². The van der Waals surface area contributed by atoms with Crippen LogP contribution in [-0.2, 0) is 0 Å². The normalized spacial score (nSPS) is 12.1. The van der Waals surface area contributed by atoms with E-state index in [0.717, 1.165) is 27.9 Å². The Labute approximate surface area is 318 Å². The summed E-state index contributed by atoms with van der Waals surface area (Å²) in [5.74, 6) is 0. The van der Waals surface area contributed by atoms with E-state index in [4.69, 9.17) is 4.42 Å². The maximum absolute atomic E-state index is 6.60. The molecule has 9 aromatic carbocycles. The SMILES string of the molecule is c1ccc2c(-c3ccc(N(c4ccc5c(c4)sc4ccc6oc7c8ccccc8ccc7c6c45)c4cccc5c4sc4ccccc45)cc3)cccc2c1. The maximum Gasteiger partial charge on any atom is 0.143 e. The first kappa shape index (κ1) is 30.0. The van der Waals surface area contributed by atoms with Gasteiger partial charge in [-0.05, 0) is 81.9 Å². The molecular formula is C50H29NOS2. The summed E-state index contributed by atoms with van der Waals surface area (Å²) in [6.07, 6.45) is 0. The Morgan fingerprint density at radius 1 is 0.407 bits per heavy atom. The van der Waals surface area contributed by atoms with E-state index in [-0.39, 0.29) is 0 Å². The largest absolute Gasteiger partial charge is 0.455 e. The highest BCUT2D eigenvalue weighted by molar-refractivity contribution is 7.26. The van der Waals surface area contributed by atoms with Gasteiger partial charge in [-0.2, -0.15) is 0 Å². The zero-order valence-corrected chi connectivity index (χ0v) is 30.5. The average molecular weight is 724 g/mol. The Balaban J connectivity index is 1.07. The van der Waals surface area contributed by atoms with Crippen LogP contribution >= 0.6 is 22.7 Å². The Morgan fingerprint density at radius 2 is 1.11 bits per heavy atom. The summed E-state index contributed by atoms with van der Waals surface area (Å²) in [6, 6.07) is 64.2. The minimum absolute atomic E-state index is 0.932. The molecule has 0 aliphatic carbocycles. The van der Waals surface area contributed by atoms with Crippen molar-refractivity contribution in [3.05, 3.63) is 176 Å². The van der Waals surface area contributed by atoms with Crippen LogP contribution in [0.15, 0.2) is 180 Å². The van der Waals surface area contributed by atoms with Crippen LogP contribution in [0, 0.1) is 0 Å². The van der Waals surface area contributed by atoms with Crippen LogP contribution in [0.2, 0.25) is 0 Å². The Morgan fingerprint density at radius 3 is 2.00 bits per heavy atom. The number of nitrogens with zero attached hydrogens (tertiary/aromatic N) is 1. The molecule has 0 saturated heterocycles. The molecule has 3 heterocycles. The molecule has 0 amide bonds. The number of hydrogen-bond donors (Lipinski definition) is 0. The van der Waals surface area contributed by atoms with Gasteiger partial charge in [-0.1, -0.05) is 121 Å². The molecule has 0 aliphatic heterocycles. The molecular weight excluding hydrogens is 695 g/mol. The van der Waals surface area contributed by atoms with Gasteiger partial charge < -0.3 is 9.32 Å². The van der Waals surface area contributed by atoms with Gasteiger partial charge >= 0.3 is 0 Å². The van der Waals surface area contributed by atoms with Crippen LogP contribution in [-0.4, -0.2) is 0 Å². The van der Waals surface area contributed by atoms with Crippen molar-refractivity contribution < 1.29 is 4.42 Å². The highest BCUT2D eigenvalue weighted by Crippen LogP contribution is 2.48. The molecule has 12 rings (SSSR count). The second kappa shape index (κ2) is 11.5. The summed E-state index contributed by atoms with van der Waals surface area (Å²) in [4.78, 5) is 2.45. The summed E-state index contributed by atoms with van der Waals surface area (Å²) in [5.41, 5.74) is 7.79. The van der Waals surface area contributed by atoms with Crippen molar-refractivity contribution in [1.29, 1.82) is 0 Å². The quantitative estimate of drug-likeness (QED) is 0.180. The third-order valence-electron chi connectivity index (χ3n) is 11.1. The van der Waals surface area contributed by atoms with Crippen molar-refractivity contribution in [1.82, 2.24) is 0 Å². The van der Waals surface area contributed by atoms with Gasteiger partial charge in [0.2, 0.25) is 0 Å². The topological polar surface area (TPSA) is 16.4 Å². The first-order valence-electron chi connectivity index (χ1n) is 18.2. The highest BCUT2D eigenvalue weighted by Gasteiger charge is 2.21. The number of rotatable bonds is 4. The second-order valence-electron chi connectivity index (χ2n) is 14.0. The molecule has 0 bridgehead atoms. The number of hydrogen-bond acceptors (Lipinski definition) is 4. The predicted octanol–water partition coefficient (Wildman–Crippen LogP) is 15.8. The molecule has 12 aromatic rings. The number of furan rings is 1. The molecule has 0 radical (unpaired) electrons. The lowest BCUT2D eigenvalue weighted by Crippen LogP contribution is -2.10. The Hall–Kier alpha value is -6.46. The van der Waals surface area contributed by atoms with E-state index < -0.39 is 0 Å². The van der Waals surface area contributed by atoms with Crippen LogP contribution in [0.4, 0.5) is 17.1 Å². The van der Waals surface area contributed by atoms with Crippen LogP contribution in [0.25, 0.3) is 95.0 Å². The van der Waals surface area contributed by atoms with E-state index >= 15 is 0 Å². The van der Waals surface area contributed by atoms with Crippen LogP contribution in [0.1, 0.15) is 0 Å². The van der Waals surface area contributed by atoms with Crippen molar-refractivity contribution in [2.24, 2.45) is 0 Å². The molecule has 252 valence electrons. The van der Waals surface area contributed by atoms with Crippen molar-refractivity contribution in [3.63, 3.8) is 0 Å². The van der Waals surface area contributed by atoms with E-state index in [1.54, 1.807) is 0 Å². The molecule has 2 nitrogen and oxygen atoms in total. The van der Waals surface area contributed by atoms with Crippen LogP contribution < -0.4 is 4.90 Å². The minimum atomic E-state index is 0.932. The molecule has 0 unspecified atom stereocenters. The summed E-state index contributed by atoms with van der Waals surface area (Å²) < 4.78 is 11.7. The van der Waals surface area contributed by atoms with Crippen molar-refractivity contribution in [3.8, 4) is 11.1 Å². The zero-order valence-electron chi connectivity index (χ0n) is 28.9. The summed E-state index contributed by atoms with van der Waals surface area (Å²) in [5, 5.41) is 12.3. The smallest absolute Gasteiger partial charge is 0.143 e. The molecule has 54 heavy (non-hydrogen) atoms. The number of benzene rings is 9. The highest BCUT2D eigenvalue weighted by atomic mass is 32.1. The summed E-state index contributed by atoms with van der Waals surface area (Å²) in [6.45, 7) is 0. The zero-order chi connectivity index (χ0) is 35.3. The molecule has 0 atom stereocenters. The van der Waals surface area contributed by atoms with Gasteiger partial charge in [0.1, 0.15) is 11.2 Å². The Bertz CT molecular complexity index is 3450. The van der Waals surface area contributed by atoms with E-state index in [1.165, 1.54) is 84.1 Å². The summed E-state index contributed by atoms with van der Waals surface area (Å²) in [7, 11) is 0. The molecule has 0 aliphatic rings. The molecule has 0 N–H and O–H groups in total. The number of anilines is 3. The lowest BCUT2D eigenvalue weighted by molar-refractivity contribution is 0.673. The molecule has 0 spiro atoms. The number of thiophene rings is 2. The average Bonchev–Trinajstić information content (AvgIpc) is 3.92. The predicted molar refractivity (Wildman–Crippen MR) is 235 cm³/mol. The fraction of sp³-hybridized carbons (Fsp3) is 0. The van der Waals surface area contributed by atoms with Gasteiger partial charge in [0, 0.05) is 63.2 Å². The molecule has 4 heteroatoms. The van der Waals surface area contributed by atoms with Crippen molar-refractivity contribution in [2.75, 3.05) is 4.90 Å². The van der Waals surface area contributed by atoms with Crippen LogP contribution in [0.3, 0.4) is 0 Å². The van der Waals surface area contributed by atoms with Gasteiger partial charge in [-0.25, -0.2) is 0 Å². The fourth-order valence-electron chi connectivity index (χ4n) is 8.59. The standard InChI is InChI=1S/C50H29NOS2/c1-3-12-35-30(9-1)11-7-15-36(35)32-19-22-33(23-20-32)51(42-17-8-16-39-38-14-5-6-18-44(38)54-50(39)42)34-24-26-40-46(29-34)53-45-28-27-43-47(48(40)45)41-25-21-31-10-2-4-13-37(31)49(41)52-43/h1-29H. The molecule has 3 aromatic heterocycles. The van der Waals surface area contributed by atoms with Crippen LogP contribution in [0.5, 0.6) is 0 Å². The number of fused-ring (bicyclic) bond motifs is 13. The summed E-state index contributed by atoms with van der Waals surface area (Å²) >= 11 is 3.73. The first-order chi connectivity index (χ1) is 26.8. The molecule has 0 saturated carbocycles. The van der Waals surface area contributed by atoms with Gasteiger partial charge in [0.05, 0.1) is 10.4 Å². The lowest BCUT2D eigenvalue weighted by Gasteiger charge is -2.26. The van der Waals surface area contributed by atoms with E-state index in [2.05, 4.69) is 181 Å². The first-order valence-corrected chi connectivity index (χ1v) is 19.9. The van der Waals surface area contributed by atoms with Gasteiger partial charge in [-0.15, -0.1) is 22.7 Å².